The largest absolute Gasteiger partial charge is 0.495 e. The lowest BCUT2D eigenvalue weighted by atomic mass is 9.94. The van der Waals surface area contributed by atoms with Crippen LogP contribution in [0.1, 0.15) is 28.3 Å². The van der Waals surface area contributed by atoms with Gasteiger partial charge in [-0.05, 0) is 43.7 Å². The maximum Gasteiger partial charge on any atom is 0.138 e. The monoisotopic (exact) mass is 323 g/mol. The van der Waals surface area contributed by atoms with Crippen molar-refractivity contribution in [3.63, 3.8) is 0 Å². The van der Waals surface area contributed by atoms with Gasteiger partial charge in [0.05, 0.1) is 18.2 Å². The first kappa shape index (κ1) is 16.2. The molecule has 1 N–H and O–H groups in total. The summed E-state index contributed by atoms with van der Waals surface area (Å²) in [6.45, 7) is 4.19. The van der Waals surface area contributed by atoms with Gasteiger partial charge in [0, 0.05) is 11.1 Å². The number of aryl methyl sites for hydroxylation is 2. The van der Waals surface area contributed by atoms with Gasteiger partial charge in [-0.2, -0.15) is 0 Å². The van der Waals surface area contributed by atoms with Crippen LogP contribution < -0.4 is 10.1 Å². The third-order valence-corrected chi connectivity index (χ3v) is 4.23. The predicted molar refractivity (Wildman–Crippen MR) is 89.8 cm³/mol. The van der Waals surface area contributed by atoms with Crippen molar-refractivity contribution in [2.24, 2.45) is 0 Å². The van der Waals surface area contributed by atoms with E-state index in [0.29, 0.717) is 15.8 Å². The van der Waals surface area contributed by atoms with Crippen molar-refractivity contribution >= 4 is 23.2 Å². The molecule has 21 heavy (non-hydrogen) atoms. The van der Waals surface area contributed by atoms with Gasteiger partial charge >= 0.3 is 0 Å². The van der Waals surface area contributed by atoms with E-state index in [9.17, 15) is 0 Å². The van der Waals surface area contributed by atoms with E-state index < -0.39 is 0 Å². The molecule has 0 aliphatic carbocycles. The molecule has 0 aliphatic heterocycles. The summed E-state index contributed by atoms with van der Waals surface area (Å²) < 4.78 is 5.20. The third kappa shape index (κ3) is 3.34. The number of hydrogen-bond donors (Lipinski definition) is 1. The molecule has 4 heteroatoms. The molecule has 0 aromatic heterocycles. The van der Waals surface area contributed by atoms with Crippen LogP contribution in [0.25, 0.3) is 0 Å². The lowest BCUT2D eigenvalue weighted by Gasteiger charge is -2.22. The topological polar surface area (TPSA) is 21.3 Å². The van der Waals surface area contributed by atoms with Gasteiger partial charge in [-0.3, -0.25) is 0 Å². The zero-order valence-electron chi connectivity index (χ0n) is 12.6. The van der Waals surface area contributed by atoms with E-state index in [1.165, 1.54) is 16.7 Å². The fraction of sp³-hybridized carbons (Fsp3) is 0.294. The highest BCUT2D eigenvalue weighted by atomic mass is 35.5. The summed E-state index contributed by atoms with van der Waals surface area (Å²) in [5.41, 5.74) is 4.59. The minimum absolute atomic E-state index is 0.0125. The fourth-order valence-electron chi connectivity index (χ4n) is 2.55. The number of benzene rings is 2. The summed E-state index contributed by atoms with van der Waals surface area (Å²) in [5.74, 6) is 0.584. The minimum atomic E-state index is -0.0125. The second-order valence-electron chi connectivity index (χ2n) is 5.09. The number of halogens is 2. The lowest BCUT2D eigenvalue weighted by molar-refractivity contribution is 0.415. The van der Waals surface area contributed by atoms with Crippen molar-refractivity contribution in [2.75, 3.05) is 14.2 Å². The molecule has 1 unspecified atom stereocenters. The Kier molecular flexibility index (Phi) is 5.15. The van der Waals surface area contributed by atoms with Gasteiger partial charge in [0.2, 0.25) is 0 Å². The average molecular weight is 324 g/mol. The standard InChI is InChI=1S/C17H19Cl2NO/c1-10-5-6-12(11(2)7-10)17(20-3)13-8-15(19)16(21-4)9-14(13)18/h5-9,17,20H,1-4H3. The Morgan fingerprint density at radius 1 is 1.00 bits per heavy atom. The van der Waals surface area contributed by atoms with Crippen molar-refractivity contribution in [1.82, 2.24) is 5.32 Å². The Hall–Kier alpha value is -1.22. The molecule has 0 amide bonds. The van der Waals surface area contributed by atoms with Gasteiger partial charge in [0.15, 0.2) is 0 Å². The summed E-state index contributed by atoms with van der Waals surface area (Å²) in [7, 11) is 3.50. The molecular formula is C17H19Cl2NO. The van der Waals surface area contributed by atoms with Crippen LogP contribution in [0, 0.1) is 13.8 Å². The predicted octanol–water partition coefficient (Wildman–Crippen LogP) is 4.93. The van der Waals surface area contributed by atoms with Gasteiger partial charge in [0.25, 0.3) is 0 Å². The number of nitrogens with one attached hydrogen (secondary N) is 1. The normalized spacial score (nSPS) is 12.3. The molecule has 0 fully saturated rings. The van der Waals surface area contributed by atoms with Crippen molar-refractivity contribution in [1.29, 1.82) is 0 Å². The van der Waals surface area contributed by atoms with Gasteiger partial charge in [-0.25, -0.2) is 0 Å². The van der Waals surface area contributed by atoms with Crippen LogP contribution in [0.5, 0.6) is 5.75 Å². The minimum Gasteiger partial charge on any atom is -0.495 e. The summed E-state index contributed by atoms with van der Waals surface area (Å²) in [6.07, 6.45) is 0. The molecule has 2 nitrogen and oxygen atoms in total. The van der Waals surface area contributed by atoms with Crippen LogP contribution in [0.2, 0.25) is 10.0 Å². The maximum absolute atomic E-state index is 6.41. The molecule has 0 aliphatic rings. The number of rotatable bonds is 4. The molecule has 0 heterocycles. The molecular weight excluding hydrogens is 305 g/mol. The van der Waals surface area contributed by atoms with Crippen molar-refractivity contribution in [3.8, 4) is 5.75 Å². The van der Waals surface area contributed by atoms with Crippen molar-refractivity contribution < 1.29 is 4.74 Å². The zero-order chi connectivity index (χ0) is 15.6. The molecule has 0 bridgehead atoms. The Morgan fingerprint density at radius 2 is 1.71 bits per heavy atom. The van der Waals surface area contributed by atoms with E-state index in [4.69, 9.17) is 27.9 Å². The van der Waals surface area contributed by atoms with Gasteiger partial charge in [0.1, 0.15) is 5.75 Å². The van der Waals surface area contributed by atoms with Crippen LogP contribution in [0.3, 0.4) is 0 Å². The van der Waals surface area contributed by atoms with Crippen LogP contribution in [0.15, 0.2) is 30.3 Å². The molecule has 112 valence electrons. The van der Waals surface area contributed by atoms with Crippen LogP contribution in [-0.4, -0.2) is 14.2 Å². The lowest BCUT2D eigenvalue weighted by Crippen LogP contribution is -2.19. The highest BCUT2D eigenvalue weighted by molar-refractivity contribution is 6.34. The summed E-state index contributed by atoms with van der Waals surface area (Å²) >= 11 is 12.7. The van der Waals surface area contributed by atoms with Crippen LogP contribution in [0.4, 0.5) is 0 Å². The van der Waals surface area contributed by atoms with E-state index in [2.05, 4.69) is 37.4 Å². The molecule has 0 radical (unpaired) electrons. The number of hydrogen-bond acceptors (Lipinski definition) is 2. The second-order valence-corrected chi connectivity index (χ2v) is 5.90. The summed E-state index contributed by atoms with van der Waals surface area (Å²) in [4.78, 5) is 0. The quantitative estimate of drug-likeness (QED) is 0.861. The first-order valence-corrected chi connectivity index (χ1v) is 7.51. The first-order valence-electron chi connectivity index (χ1n) is 6.75. The second kappa shape index (κ2) is 6.69. The van der Waals surface area contributed by atoms with Gasteiger partial charge in [-0.1, -0.05) is 47.0 Å². The Bertz CT molecular complexity index is 655. The molecule has 0 spiro atoms. The van der Waals surface area contributed by atoms with E-state index in [-0.39, 0.29) is 6.04 Å². The van der Waals surface area contributed by atoms with Crippen LogP contribution in [-0.2, 0) is 0 Å². The molecule has 0 saturated carbocycles. The van der Waals surface area contributed by atoms with Gasteiger partial charge < -0.3 is 10.1 Å². The van der Waals surface area contributed by atoms with Gasteiger partial charge in [-0.15, -0.1) is 0 Å². The number of ether oxygens (including phenoxy) is 1. The highest BCUT2D eigenvalue weighted by Crippen LogP contribution is 2.36. The van der Waals surface area contributed by atoms with E-state index in [0.717, 1.165) is 5.56 Å². The molecule has 2 rings (SSSR count). The number of methoxy groups -OCH3 is 1. The Labute approximate surface area is 136 Å². The highest BCUT2D eigenvalue weighted by Gasteiger charge is 2.19. The molecule has 1 atom stereocenters. The smallest absolute Gasteiger partial charge is 0.138 e. The van der Waals surface area contributed by atoms with Crippen LogP contribution >= 0.6 is 23.2 Å². The fourth-order valence-corrected chi connectivity index (χ4v) is 3.06. The summed E-state index contributed by atoms with van der Waals surface area (Å²) in [6, 6.07) is 10.0. The SMILES string of the molecule is CNC(c1ccc(C)cc1C)c1cc(Cl)c(OC)cc1Cl. The van der Waals surface area contributed by atoms with E-state index in [1.54, 1.807) is 13.2 Å². The molecule has 2 aromatic rings. The van der Waals surface area contributed by atoms with E-state index >= 15 is 0 Å². The zero-order valence-corrected chi connectivity index (χ0v) is 14.1. The Morgan fingerprint density at radius 3 is 2.29 bits per heavy atom. The third-order valence-electron chi connectivity index (χ3n) is 3.61. The summed E-state index contributed by atoms with van der Waals surface area (Å²) in [5, 5.41) is 4.51. The molecule has 0 saturated heterocycles. The van der Waals surface area contributed by atoms with E-state index in [1.807, 2.05) is 13.1 Å². The maximum atomic E-state index is 6.41. The first-order chi connectivity index (χ1) is 9.97. The molecule has 2 aromatic carbocycles. The van der Waals surface area contributed by atoms with Crippen molar-refractivity contribution in [3.05, 3.63) is 62.6 Å². The average Bonchev–Trinajstić information content (AvgIpc) is 2.45. The van der Waals surface area contributed by atoms with Crippen molar-refractivity contribution in [2.45, 2.75) is 19.9 Å². The Balaban J connectivity index is 2.53.